The Hall–Kier alpha value is -0.870. The highest BCUT2D eigenvalue weighted by atomic mass is 32.2. The van der Waals surface area contributed by atoms with E-state index in [0.717, 1.165) is 12.8 Å². The van der Waals surface area contributed by atoms with Gasteiger partial charge in [0.25, 0.3) is 0 Å². The largest absolute Gasteiger partial charge is 0.243 e. The molecule has 2 rings (SSSR count). The zero-order chi connectivity index (χ0) is 14.0. The average molecular weight is 281 g/mol. The molecule has 3 nitrogen and oxygen atoms in total. The summed E-state index contributed by atoms with van der Waals surface area (Å²) >= 11 is 0. The molecule has 1 aromatic carbocycles. The summed E-state index contributed by atoms with van der Waals surface area (Å²) < 4.78 is 26.7. The lowest BCUT2D eigenvalue weighted by Crippen LogP contribution is -2.39. The van der Waals surface area contributed by atoms with Gasteiger partial charge in [-0.3, -0.25) is 0 Å². The molecule has 1 aliphatic rings. The molecule has 0 amide bonds. The zero-order valence-electron chi connectivity index (χ0n) is 12.0. The van der Waals surface area contributed by atoms with Crippen molar-refractivity contribution >= 4 is 10.0 Å². The van der Waals surface area contributed by atoms with Gasteiger partial charge in [-0.25, -0.2) is 8.42 Å². The normalized spacial score (nSPS) is 21.8. The van der Waals surface area contributed by atoms with Crippen LogP contribution in [0.4, 0.5) is 0 Å². The van der Waals surface area contributed by atoms with Crippen molar-refractivity contribution in [3.8, 4) is 0 Å². The van der Waals surface area contributed by atoms with Crippen LogP contribution in [0.15, 0.2) is 29.2 Å². The number of hydrogen-bond acceptors (Lipinski definition) is 2. The van der Waals surface area contributed by atoms with Gasteiger partial charge in [-0.2, -0.15) is 4.31 Å². The van der Waals surface area contributed by atoms with Crippen molar-refractivity contribution in [1.29, 1.82) is 0 Å². The molecule has 0 unspecified atom stereocenters. The molecule has 1 fully saturated rings. The second-order valence-corrected chi connectivity index (χ2v) is 7.77. The summed E-state index contributed by atoms with van der Waals surface area (Å²) in [5, 5.41) is 0. The molecule has 1 aliphatic heterocycles. The fraction of sp³-hybridized carbons (Fsp3) is 0.600. The highest BCUT2D eigenvalue weighted by Gasteiger charge is 2.28. The van der Waals surface area contributed by atoms with Gasteiger partial charge in [0.15, 0.2) is 0 Å². The van der Waals surface area contributed by atoms with Crippen LogP contribution in [0.2, 0.25) is 0 Å². The van der Waals surface area contributed by atoms with Crippen LogP contribution in [-0.4, -0.2) is 25.8 Å². The van der Waals surface area contributed by atoms with E-state index in [9.17, 15) is 8.42 Å². The summed E-state index contributed by atoms with van der Waals surface area (Å²) in [6.07, 6.45) is 2.09. The molecular weight excluding hydrogens is 258 g/mol. The predicted molar refractivity (Wildman–Crippen MR) is 77.7 cm³/mol. The molecule has 0 aromatic heterocycles. The molecule has 0 spiro atoms. The molecule has 0 radical (unpaired) electrons. The van der Waals surface area contributed by atoms with Crippen LogP contribution in [0.5, 0.6) is 0 Å². The van der Waals surface area contributed by atoms with E-state index in [1.165, 1.54) is 5.56 Å². The Kier molecular flexibility index (Phi) is 4.31. The van der Waals surface area contributed by atoms with E-state index in [4.69, 9.17) is 0 Å². The van der Waals surface area contributed by atoms with Gasteiger partial charge in [-0.1, -0.05) is 32.9 Å². The van der Waals surface area contributed by atoms with E-state index < -0.39 is 10.0 Å². The molecule has 1 heterocycles. The first-order chi connectivity index (χ1) is 8.91. The minimum Gasteiger partial charge on any atom is -0.207 e. The van der Waals surface area contributed by atoms with Gasteiger partial charge in [0.2, 0.25) is 10.0 Å². The Balaban J connectivity index is 2.23. The third kappa shape index (κ3) is 3.18. The Bertz CT molecular complexity index is 520. The number of nitrogens with zero attached hydrogens (tertiary/aromatic N) is 1. The summed E-state index contributed by atoms with van der Waals surface area (Å²) in [6.45, 7) is 7.63. The van der Waals surface area contributed by atoms with Gasteiger partial charge >= 0.3 is 0 Å². The van der Waals surface area contributed by atoms with Crippen LogP contribution < -0.4 is 0 Å². The smallest absolute Gasteiger partial charge is 0.207 e. The van der Waals surface area contributed by atoms with Crippen molar-refractivity contribution in [1.82, 2.24) is 4.31 Å². The second-order valence-electron chi connectivity index (χ2n) is 5.83. The molecule has 0 aliphatic carbocycles. The van der Waals surface area contributed by atoms with Crippen molar-refractivity contribution in [3.05, 3.63) is 29.8 Å². The molecule has 106 valence electrons. The van der Waals surface area contributed by atoms with E-state index in [0.29, 0.717) is 29.8 Å². The monoisotopic (exact) mass is 281 g/mol. The van der Waals surface area contributed by atoms with Crippen molar-refractivity contribution in [2.75, 3.05) is 13.1 Å². The van der Waals surface area contributed by atoms with Gasteiger partial charge < -0.3 is 0 Å². The van der Waals surface area contributed by atoms with Crippen molar-refractivity contribution < 1.29 is 8.42 Å². The SMILES string of the molecule is CC(C)c1ccc(S(=O)(=O)N2CCC[C@H](C)C2)cc1. The molecular formula is C15H23NO2S. The van der Waals surface area contributed by atoms with Crippen LogP contribution in [0.3, 0.4) is 0 Å². The quantitative estimate of drug-likeness (QED) is 0.853. The fourth-order valence-electron chi connectivity index (χ4n) is 2.54. The number of hydrogen-bond donors (Lipinski definition) is 0. The summed E-state index contributed by atoms with van der Waals surface area (Å²) in [5.41, 5.74) is 1.17. The lowest BCUT2D eigenvalue weighted by Gasteiger charge is -2.30. The van der Waals surface area contributed by atoms with Crippen LogP contribution in [0.1, 0.15) is 45.1 Å². The zero-order valence-corrected chi connectivity index (χ0v) is 12.8. The third-order valence-electron chi connectivity index (χ3n) is 3.80. The van der Waals surface area contributed by atoms with Gasteiger partial charge in [-0.15, -0.1) is 0 Å². The van der Waals surface area contributed by atoms with Crippen molar-refractivity contribution in [2.45, 2.75) is 44.4 Å². The first-order valence-corrected chi connectivity index (χ1v) is 8.45. The van der Waals surface area contributed by atoms with E-state index in [1.807, 2.05) is 12.1 Å². The number of sulfonamides is 1. The Morgan fingerprint density at radius 1 is 1.21 bits per heavy atom. The summed E-state index contributed by atoms with van der Waals surface area (Å²) in [4.78, 5) is 0.422. The number of benzene rings is 1. The standard InChI is InChI=1S/C15H23NO2S/c1-12(2)14-6-8-15(9-7-14)19(17,18)16-10-4-5-13(3)11-16/h6-9,12-13H,4-5,10-11H2,1-3H3/t13-/m0/s1. The lowest BCUT2D eigenvalue weighted by molar-refractivity contribution is 0.281. The summed E-state index contributed by atoms with van der Waals surface area (Å²) in [6, 6.07) is 7.32. The maximum Gasteiger partial charge on any atom is 0.243 e. The minimum atomic E-state index is -3.30. The van der Waals surface area contributed by atoms with Gasteiger partial charge in [0.1, 0.15) is 0 Å². The molecule has 19 heavy (non-hydrogen) atoms. The summed E-state index contributed by atoms with van der Waals surface area (Å²) in [5.74, 6) is 0.880. The maximum absolute atomic E-state index is 12.5. The van der Waals surface area contributed by atoms with Crippen LogP contribution >= 0.6 is 0 Å². The maximum atomic E-state index is 12.5. The summed E-state index contributed by atoms with van der Waals surface area (Å²) in [7, 11) is -3.30. The molecule has 1 saturated heterocycles. The molecule has 4 heteroatoms. The fourth-order valence-corrected chi connectivity index (χ4v) is 4.14. The molecule has 0 N–H and O–H groups in total. The lowest BCUT2D eigenvalue weighted by atomic mass is 10.0. The van der Waals surface area contributed by atoms with E-state index in [-0.39, 0.29) is 0 Å². The minimum absolute atomic E-state index is 0.422. The number of rotatable bonds is 3. The van der Waals surface area contributed by atoms with Gasteiger partial charge in [0, 0.05) is 13.1 Å². The van der Waals surface area contributed by atoms with Crippen molar-refractivity contribution in [3.63, 3.8) is 0 Å². The van der Waals surface area contributed by atoms with Crippen LogP contribution in [0, 0.1) is 5.92 Å². The highest BCUT2D eigenvalue weighted by Crippen LogP contribution is 2.24. The third-order valence-corrected chi connectivity index (χ3v) is 5.68. The van der Waals surface area contributed by atoms with Crippen LogP contribution in [-0.2, 0) is 10.0 Å². The average Bonchev–Trinajstić information content (AvgIpc) is 2.39. The molecule has 0 bridgehead atoms. The number of piperidine rings is 1. The first kappa shape index (κ1) is 14.5. The van der Waals surface area contributed by atoms with E-state index >= 15 is 0 Å². The van der Waals surface area contributed by atoms with Gasteiger partial charge in [0.05, 0.1) is 4.90 Å². The first-order valence-electron chi connectivity index (χ1n) is 7.01. The Morgan fingerprint density at radius 2 is 1.84 bits per heavy atom. The van der Waals surface area contributed by atoms with Gasteiger partial charge in [-0.05, 0) is 42.4 Å². The second kappa shape index (κ2) is 5.63. The molecule has 1 atom stereocenters. The van der Waals surface area contributed by atoms with E-state index in [2.05, 4.69) is 20.8 Å². The predicted octanol–water partition coefficient (Wildman–Crippen LogP) is 3.23. The Morgan fingerprint density at radius 3 is 2.37 bits per heavy atom. The molecule has 0 saturated carbocycles. The van der Waals surface area contributed by atoms with Crippen molar-refractivity contribution in [2.24, 2.45) is 5.92 Å². The topological polar surface area (TPSA) is 37.4 Å². The van der Waals surface area contributed by atoms with Crippen LogP contribution in [0.25, 0.3) is 0 Å². The highest BCUT2D eigenvalue weighted by molar-refractivity contribution is 7.89. The molecule has 1 aromatic rings. The van der Waals surface area contributed by atoms with E-state index in [1.54, 1.807) is 16.4 Å². The Labute approximate surface area is 116 Å².